The highest BCUT2D eigenvalue weighted by molar-refractivity contribution is 9.10. The summed E-state index contributed by atoms with van der Waals surface area (Å²) in [4.78, 5) is 0. The summed E-state index contributed by atoms with van der Waals surface area (Å²) < 4.78 is 1.12. The number of nitrogens with one attached hydrogen (secondary N) is 1. The number of halogens is 1. The molecular formula is C19H18BrN. The Balaban J connectivity index is 2.04. The third-order valence-electron chi connectivity index (χ3n) is 3.86. The van der Waals surface area contributed by atoms with Gasteiger partial charge in [0.05, 0.1) is 6.04 Å². The lowest BCUT2D eigenvalue weighted by atomic mass is 9.96. The molecule has 1 unspecified atom stereocenters. The molecule has 0 spiro atoms. The number of rotatable bonds is 3. The monoisotopic (exact) mass is 339 g/mol. The molecule has 0 aliphatic heterocycles. The van der Waals surface area contributed by atoms with Crippen LogP contribution in [0.1, 0.15) is 22.7 Å². The molecule has 0 bridgehead atoms. The zero-order valence-electron chi connectivity index (χ0n) is 12.2. The van der Waals surface area contributed by atoms with E-state index in [1.165, 1.54) is 27.5 Å². The van der Waals surface area contributed by atoms with Crippen LogP contribution in [0.25, 0.3) is 10.8 Å². The summed E-state index contributed by atoms with van der Waals surface area (Å²) in [6, 6.07) is 22.0. The molecule has 0 fully saturated rings. The first-order valence-electron chi connectivity index (χ1n) is 7.10. The molecule has 0 heterocycles. The Bertz CT molecular complexity index is 762. The molecule has 3 aromatic carbocycles. The fraction of sp³-hybridized carbons (Fsp3) is 0.158. The van der Waals surface area contributed by atoms with Crippen LogP contribution in [0.4, 0.5) is 0 Å². The van der Waals surface area contributed by atoms with Gasteiger partial charge in [-0.15, -0.1) is 0 Å². The van der Waals surface area contributed by atoms with Gasteiger partial charge in [0.2, 0.25) is 0 Å². The molecule has 0 aliphatic rings. The van der Waals surface area contributed by atoms with Crippen molar-refractivity contribution in [2.45, 2.75) is 13.0 Å². The van der Waals surface area contributed by atoms with E-state index in [0.717, 1.165) is 4.47 Å². The second kappa shape index (κ2) is 6.00. The van der Waals surface area contributed by atoms with Crippen LogP contribution in [-0.2, 0) is 0 Å². The topological polar surface area (TPSA) is 12.0 Å². The molecule has 1 nitrogen and oxygen atoms in total. The SMILES string of the molecule is CNC(c1ccc(C)cc1)c1ccc2cc(Br)ccc2c1. The summed E-state index contributed by atoms with van der Waals surface area (Å²) in [5.41, 5.74) is 3.87. The second-order valence-electron chi connectivity index (χ2n) is 5.38. The lowest BCUT2D eigenvalue weighted by Gasteiger charge is -2.18. The highest BCUT2D eigenvalue weighted by atomic mass is 79.9. The molecule has 1 atom stereocenters. The molecule has 0 saturated heterocycles. The van der Waals surface area contributed by atoms with Crippen LogP contribution in [0, 0.1) is 6.92 Å². The first-order valence-corrected chi connectivity index (χ1v) is 7.90. The molecule has 2 heteroatoms. The highest BCUT2D eigenvalue weighted by Gasteiger charge is 2.12. The van der Waals surface area contributed by atoms with Gasteiger partial charge in [-0.25, -0.2) is 0 Å². The van der Waals surface area contributed by atoms with Gasteiger partial charge in [0, 0.05) is 4.47 Å². The van der Waals surface area contributed by atoms with Gasteiger partial charge in [-0.2, -0.15) is 0 Å². The van der Waals surface area contributed by atoms with Crippen LogP contribution < -0.4 is 5.32 Å². The first kappa shape index (κ1) is 14.3. The molecule has 0 aromatic heterocycles. The zero-order valence-corrected chi connectivity index (χ0v) is 13.8. The van der Waals surface area contributed by atoms with Crippen molar-refractivity contribution in [2.75, 3.05) is 7.05 Å². The number of hydrogen-bond acceptors (Lipinski definition) is 1. The van der Waals surface area contributed by atoms with E-state index in [1.54, 1.807) is 0 Å². The van der Waals surface area contributed by atoms with Gasteiger partial charge in [0.15, 0.2) is 0 Å². The molecule has 21 heavy (non-hydrogen) atoms. The molecule has 1 N–H and O–H groups in total. The van der Waals surface area contributed by atoms with Crippen molar-refractivity contribution in [3.05, 3.63) is 81.8 Å². The predicted molar refractivity (Wildman–Crippen MR) is 93.7 cm³/mol. The molecule has 0 amide bonds. The van der Waals surface area contributed by atoms with E-state index >= 15 is 0 Å². The minimum absolute atomic E-state index is 0.221. The van der Waals surface area contributed by atoms with Gasteiger partial charge in [0.25, 0.3) is 0 Å². The summed E-state index contributed by atoms with van der Waals surface area (Å²) in [5, 5.41) is 5.94. The maximum absolute atomic E-state index is 3.52. The van der Waals surface area contributed by atoms with Crippen molar-refractivity contribution >= 4 is 26.7 Å². The van der Waals surface area contributed by atoms with Gasteiger partial charge >= 0.3 is 0 Å². The molecule has 106 valence electrons. The van der Waals surface area contributed by atoms with E-state index in [9.17, 15) is 0 Å². The predicted octanol–water partition coefficient (Wildman–Crippen LogP) is 5.22. The van der Waals surface area contributed by atoms with Gasteiger partial charge in [-0.3, -0.25) is 0 Å². The van der Waals surface area contributed by atoms with E-state index < -0.39 is 0 Å². The minimum atomic E-state index is 0.221. The Hall–Kier alpha value is -1.64. The quantitative estimate of drug-likeness (QED) is 0.689. The lowest BCUT2D eigenvalue weighted by molar-refractivity contribution is 0.692. The van der Waals surface area contributed by atoms with Gasteiger partial charge < -0.3 is 5.32 Å². The largest absolute Gasteiger partial charge is 0.309 e. The standard InChI is InChI=1S/C19H18BrN/c1-13-3-5-14(6-4-13)19(21-2)17-8-7-16-12-18(20)10-9-15(16)11-17/h3-12,19,21H,1-2H3. The summed E-state index contributed by atoms with van der Waals surface area (Å²) in [5.74, 6) is 0. The van der Waals surface area contributed by atoms with E-state index in [4.69, 9.17) is 0 Å². The van der Waals surface area contributed by atoms with Crippen molar-refractivity contribution in [3.8, 4) is 0 Å². The zero-order chi connectivity index (χ0) is 14.8. The number of aryl methyl sites for hydroxylation is 1. The second-order valence-corrected chi connectivity index (χ2v) is 6.30. The average Bonchev–Trinajstić information content (AvgIpc) is 2.50. The molecular weight excluding hydrogens is 322 g/mol. The number of fused-ring (bicyclic) bond motifs is 1. The number of hydrogen-bond donors (Lipinski definition) is 1. The van der Waals surface area contributed by atoms with Crippen LogP contribution in [0.2, 0.25) is 0 Å². The van der Waals surface area contributed by atoms with Crippen molar-refractivity contribution in [1.29, 1.82) is 0 Å². The number of benzene rings is 3. The van der Waals surface area contributed by atoms with Crippen LogP contribution in [0.15, 0.2) is 65.1 Å². The highest BCUT2D eigenvalue weighted by Crippen LogP contribution is 2.27. The Morgan fingerprint density at radius 2 is 1.43 bits per heavy atom. The van der Waals surface area contributed by atoms with Crippen LogP contribution in [0.5, 0.6) is 0 Å². The van der Waals surface area contributed by atoms with Gasteiger partial charge in [-0.1, -0.05) is 64.0 Å². The smallest absolute Gasteiger partial charge is 0.0574 e. The summed E-state index contributed by atoms with van der Waals surface area (Å²) in [7, 11) is 2.01. The van der Waals surface area contributed by atoms with Gasteiger partial charge in [0.1, 0.15) is 0 Å². The van der Waals surface area contributed by atoms with Crippen molar-refractivity contribution in [2.24, 2.45) is 0 Å². The van der Waals surface area contributed by atoms with Crippen LogP contribution in [0.3, 0.4) is 0 Å². The third kappa shape index (κ3) is 3.02. The average molecular weight is 340 g/mol. The van der Waals surface area contributed by atoms with Crippen molar-refractivity contribution < 1.29 is 0 Å². The van der Waals surface area contributed by atoms with Crippen LogP contribution >= 0.6 is 15.9 Å². The van der Waals surface area contributed by atoms with E-state index in [1.807, 2.05) is 7.05 Å². The Labute approximate surface area is 134 Å². The maximum atomic E-state index is 3.52. The first-order chi connectivity index (χ1) is 10.2. The molecule has 3 rings (SSSR count). The fourth-order valence-corrected chi connectivity index (χ4v) is 3.08. The van der Waals surface area contributed by atoms with Gasteiger partial charge in [-0.05, 0) is 54.1 Å². The lowest BCUT2D eigenvalue weighted by Crippen LogP contribution is -2.17. The Morgan fingerprint density at radius 3 is 2.14 bits per heavy atom. The summed E-state index contributed by atoms with van der Waals surface area (Å²) in [6.45, 7) is 2.12. The van der Waals surface area contributed by atoms with E-state index in [-0.39, 0.29) is 6.04 Å². The van der Waals surface area contributed by atoms with Crippen LogP contribution in [-0.4, -0.2) is 7.05 Å². The van der Waals surface area contributed by atoms with E-state index in [0.29, 0.717) is 0 Å². The Kier molecular flexibility index (Phi) is 4.09. The third-order valence-corrected chi connectivity index (χ3v) is 4.35. The summed E-state index contributed by atoms with van der Waals surface area (Å²) in [6.07, 6.45) is 0. The van der Waals surface area contributed by atoms with E-state index in [2.05, 4.69) is 88.8 Å². The molecule has 0 saturated carbocycles. The normalized spacial score (nSPS) is 12.5. The summed E-state index contributed by atoms with van der Waals surface area (Å²) >= 11 is 3.52. The molecule has 0 aliphatic carbocycles. The van der Waals surface area contributed by atoms with Crippen molar-refractivity contribution in [1.82, 2.24) is 5.32 Å². The maximum Gasteiger partial charge on any atom is 0.0574 e. The molecule has 0 radical (unpaired) electrons. The van der Waals surface area contributed by atoms with Crippen molar-refractivity contribution in [3.63, 3.8) is 0 Å². The minimum Gasteiger partial charge on any atom is -0.309 e. The Morgan fingerprint density at radius 1 is 0.810 bits per heavy atom. The molecule has 3 aromatic rings. The fourth-order valence-electron chi connectivity index (χ4n) is 2.70.